The highest BCUT2D eigenvalue weighted by atomic mass is 16.5. The molecule has 92 valence electrons. The molecule has 0 bridgehead atoms. The lowest BCUT2D eigenvalue weighted by Crippen LogP contribution is -2.40. The first-order chi connectivity index (χ1) is 8.14. The van der Waals surface area contributed by atoms with Crippen molar-refractivity contribution in [2.24, 2.45) is 5.73 Å². The van der Waals surface area contributed by atoms with Gasteiger partial charge in [-0.05, 0) is 37.5 Å². The number of hydrogen-bond acceptors (Lipinski definition) is 3. The highest BCUT2D eigenvalue weighted by molar-refractivity contribution is 5.79. The van der Waals surface area contributed by atoms with Crippen molar-refractivity contribution in [2.75, 3.05) is 6.61 Å². The molecule has 0 atom stereocenters. The van der Waals surface area contributed by atoms with E-state index in [0.717, 1.165) is 24.2 Å². The molecule has 0 saturated heterocycles. The standard InChI is InChI=1S/C14H19NO2/c1-2-17-13-5-3-4-11(10-13)14(15)8-6-12(16)7-9-14/h3-5,10H,2,6-9,15H2,1H3. The lowest BCUT2D eigenvalue weighted by atomic mass is 9.77. The van der Waals surface area contributed by atoms with E-state index in [4.69, 9.17) is 10.5 Å². The molecule has 1 aromatic carbocycles. The Bertz CT molecular complexity index is 404. The number of ketones is 1. The number of carbonyl (C=O) groups is 1. The molecule has 17 heavy (non-hydrogen) atoms. The van der Waals surface area contributed by atoms with E-state index >= 15 is 0 Å². The van der Waals surface area contributed by atoms with Gasteiger partial charge in [0, 0.05) is 18.4 Å². The van der Waals surface area contributed by atoms with E-state index in [1.807, 2.05) is 31.2 Å². The smallest absolute Gasteiger partial charge is 0.133 e. The van der Waals surface area contributed by atoms with Crippen molar-refractivity contribution in [1.29, 1.82) is 0 Å². The summed E-state index contributed by atoms with van der Waals surface area (Å²) < 4.78 is 5.48. The molecule has 3 nitrogen and oxygen atoms in total. The van der Waals surface area contributed by atoms with Gasteiger partial charge in [-0.1, -0.05) is 12.1 Å². The Labute approximate surface area is 102 Å². The van der Waals surface area contributed by atoms with Crippen LogP contribution in [0.3, 0.4) is 0 Å². The van der Waals surface area contributed by atoms with Gasteiger partial charge in [-0.2, -0.15) is 0 Å². The van der Waals surface area contributed by atoms with E-state index in [1.54, 1.807) is 0 Å². The minimum atomic E-state index is -0.360. The third-order valence-electron chi connectivity index (χ3n) is 3.42. The molecule has 1 aliphatic rings. The Morgan fingerprint density at radius 3 is 2.71 bits per heavy atom. The van der Waals surface area contributed by atoms with E-state index in [1.165, 1.54) is 0 Å². The summed E-state index contributed by atoms with van der Waals surface area (Å²) in [6.07, 6.45) is 2.66. The molecular weight excluding hydrogens is 214 g/mol. The molecule has 0 radical (unpaired) electrons. The van der Waals surface area contributed by atoms with Gasteiger partial charge in [-0.3, -0.25) is 4.79 Å². The summed E-state index contributed by atoms with van der Waals surface area (Å²) in [5.41, 5.74) is 7.12. The van der Waals surface area contributed by atoms with E-state index in [-0.39, 0.29) is 5.54 Å². The van der Waals surface area contributed by atoms with Crippen LogP contribution in [0.2, 0.25) is 0 Å². The van der Waals surface area contributed by atoms with Gasteiger partial charge in [0.15, 0.2) is 0 Å². The molecule has 3 heteroatoms. The average Bonchev–Trinajstić information content (AvgIpc) is 2.34. The van der Waals surface area contributed by atoms with Crippen molar-refractivity contribution in [3.63, 3.8) is 0 Å². The monoisotopic (exact) mass is 233 g/mol. The number of Topliss-reactive ketones (excluding diaryl/α,β-unsaturated/α-hetero) is 1. The maximum absolute atomic E-state index is 11.3. The zero-order valence-electron chi connectivity index (χ0n) is 10.2. The fourth-order valence-electron chi connectivity index (χ4n) is 2.33. The molecule has 0 spiro atoms. The minimum Gasteiger partial charge on any atom is -0.494 e. The predicted molar refractivity (Wildman–Crippen MR) is 67.0 cm³/mol. The fourth-order valence-corrected chi connectivity index (χ4v) is 2.33. The molecule has 0 unspecified atom stereocenters. The molecule has 2 rings (SSSR count). The van der Waals surface area contributed by atoms with Crippen molar-refractivity contribution in [1.82, 2.24) is 0 Å². The second kappa shape index (κ2) is 4.88. The van der Waals surface area contributed by atoms with Crippen LogP contribution in [0.4, 0.5) is 0 Å². The zero-order valence-corrected chi connectivity index (χ0v) is 10.2. The molecule has 1 aliphatic carbocycles. The molecule has 0 amide bonds. The van der Waals surface area contributed by atoms with E-state index in [9.17, 15) is 4.79 Å². The topological polar surface area (TPSA) is 52.3 Å². The molecule has 1 aromatic rings. The van der Waals surface area contributed by atoms with Crippen molar-refractivity contribution >= 4 is 5.78 Å². The second-order valence-corrected chi connectivity index (χ2v) is 4.66. The van der Waals surface area contributed by atoms with Crippen LogP contribution in [-0.2, 0) is 10.3 Å². The van der Waals surface area contributed by atoms with Gasteiger partial charge in [-0.15, -0.1) is 0 Å². The molecule has 1 fully saturated rings. The first kappa shape index (κ1) is 12.1. The molecule has 1 saturated carbocycles. The number of ether oxygens (including phenoxy) is 1. The van der Waals surface area contributed by atoms with Crippen LogP contribution in [-0.4, -0.2) is 12.4 Å². The lowest BCUT2D eigenvalue weighted by molar-refractivity contribution is -0.121. The normalized spacial score (nSPS) is 19.1. The van der Waals surface area contributed by atoms with Gasteiger partial charge in [0.2, 0.25) is 0 Å². The highest BCUT2D eigenvalue weighted by Gasteiger charge is 2.32. The molecule has 0 heterocycles. The second-order valence-electron chi connectivity index (χ2n) is 4.66. The summed E-state index contributed by atoms with van der Waals surface area (Å²) >= 11 is 0. The largest absolute Gasteiger partial charge is 0.494 e. The average molecular weight is 233 g/mol. The summed E-state index contributed by atoms with van der Waals surface area (Å²) in [7, 11) is 0. The predicted octanol–water partition coefficient (Wildman–Crippen LogP) is 2.38. The Hall–Kier alpha value is -1.35. The first-order valence-electron chi connectivity index (χ1n) is 6.18. The van der Waals surface area contributed by atoms with E-state index in [0.29, 0.717) is 25.2 Å². The third-order valence-corrected chi connectivity index (χ3v) is 3.42. The van der Waals surface area contributed by atoms with Gasteiger partial charge in [0.05, 0.1) is 6.61 Å². The number of rotatable bonds is 3. The lowest BCUT2D eigenvalue weighted by Gasteiger charge is -2.33. The van der Waals surface area contributed by atoms with E-state index in [2.05, 4.69) is 0 Å². The first-order valence-corrected chi connectivity index (χ1v) is 6.18. The SMILES string of the molecule is CCOc1cccc(C2(N)CCC(=O)CC2)c1. The number of hydrogen-bond donors (Lipinski definition) is 1. The van der Waals surface area contributed by atoms with Crippen LogP contribution in [0.15, 0.2) is 24.3 Å². The third kappa shape index (κ3) is 2.67. The Morgan fingerprint density at radius 1 is 1.35 bits per heavy atom. The van der Waals surface area contributed by atoms with Crippen LogP contribution in [0.25, 0.3) is 0 Å². The molecule has 2 N–H and O–H groups in total. The fraction of sp³-hybridized carbons (Fsp3) is 0.500. The van der Waals surface area contributed by atoms with Gasteiger partial charge >= 0.3 is 0 Å². The maximum atomic E-state index is 11.3. The van der Waals surface area contributed by atoms with Crippen molar-refractivity contribution < 1.29 is 9.53 Å². The van der Waals surface area contributed by atoms with Crippen LogP contribution in [0.1, 0.15) is 38.2 Å². The summed E-state index contributed by atoms with van der Waals surface area (Å²) in [5, 5.41) is 0. The van der Waals surface area contributed by atoms with Crippen molar-refractivity contribution in [3.8, 4) is 5.75 Å². The number of carbonyl (C=O) groups excluding carboxylic acids is 1. The maximum Gasteiger partial charge on any atom is 0.133 e. The van der Waals surface area contributed by atoms with Gasteiger partial charge in [0.1, 0.15) is 11.5 Å². The van der Waals surface area contributed by atoms with Crippen molar-refractivity contribution in [3.05, 3.63) is 29.8 Å². The van der Waals surface area contributed by atoms with Crippen LogP contribution in [0.5, 0.6) is 5.75 Å². The summed E-state index contributed by atoms with van der Waals surface area (Å²) in [6.45, 7) is 2.61. The van der Waals surface area contributed by atoms with Crippen LogP contribution < -0.4 is 10.5 Å². The van der Waals surface area contributed by atoms with Gasteiger partial charge < -0.3 is 10.5 Å². The number of nitrogens with two attached hydrogens (primary N) is 1. The van der Waals surface area contributed by atoms with E-state index < -0.39 is 0 Å². The minimum absolute atomic E-state index is 0.326. The summed E-state index contributed by atoms with van der Waals surface area (Å²) in [4.78, 5) is 11.3. The number of benzene rings is 1. The van der Waals surface area contributed by atoms with Gasteiger partial charge in [-0.25, -0.2) is 0 Å². The Balaban J connectivity index is 2.20. The zero-order chi connectivity index (χ0) is 12.3. The van der Waals surface area contributed by atoms with Gasteiger partial charge in [0.25, 0.3) is 0 Å². The molecule has 0 aromatic heterocycles. The highest BCUT2D eigenvalue weighted by Crippen LogP contribution is 2.34. The van der Waals surface area contributed by atoms with Crippen LogP contribution >= 0.6 is 0 Å². The van der Waals surface area contributed by atoms with Crippen LogP contribution in [0, 0.1) is 0 Å². The summed E-state index contributed by atoms with van der Waals surface area (Å²) in [6, 6.07) is 7.92. The molecular formula is C14H19NO2. The molecule has 0 aliphatic heterocycles. The Kier molecular flexibility index (Phi) is 3.48. The quantitative estimate of drug-likeness (QED) is 0.872. The van der Waals surface area contributed by atoms with Crippen molar-refractivity contribution in [2.45, 2.75) is 38.1 Å². The summed E-state index contributed by atoms with van der Waals surface area (Å²) in [5.74, 6) is 1.18. The Morgan fingerprint density at radius 2 is 2.06 bits per heavy atom.